The fourth-order valence-corrected chi connectivity index (χ4v) is 1.64. The van der Waals surface area contributed by atoms with E-state index in [1.807, 2.05) is 6.92 Å². The molecule has 0 aromatic heterocycles. The molecule has 0 aliphatic carbocycles. The number of hydrogen-bond acceptors (Lipinski definition) is 4. The van der Waals surface area contributed by atoms with Crippen molar-refractivity contribution in [3.8, 4) is 0 Å². The van der Waals surface area contributed by atoms with Gasteiger partial charge in [-0.05, 0) is 31.7 Å². The van der Waals surface area contributed by atoms with E-state index < -0.39 is 5.82 Å². The van der Waals surface area contributed by atoms with Crippen molar-refractivity contribution >= 4 is 17.6 Å². The van der Waals surface area contributed by atoms with Crippen molar-refractivity contribution in [2.75, 3.05) is 31.6 Å². The Hall–Kier alpha value is -1.95. The zero-order valence-electron chi connectivity index (χ0n) is 11.7. The highest BCUT2D eigenvalue weighted by molar-refractivity contribution is 5.92. The topological polar surface area (TPSA) is 58.6 Å². The molecule has 1 N–H and O–H groups in total. The van der Waals surface area contributed by atoms with Crippen molar-refractivity contribution in [2.24, 2.45) is 0 Å². The zero-order valence-corrected chi connectivity index (χ0v) is 11.7. The monoisotopic (exact) mass is 282 g/mol. The summed E-state index contributed by atoms with van der Waals surface area (Å²) in [5, 5.41) is 2.58. The number of carbonyl (C=O) groups is 2. The molecule has 0 aliphatic heterocycles. The van der Waals surface area contributed by atoms with Crippen LogP contribution < -0.4 is 5.32 Å². The first-order valence-corrected chi connectivity index (χ1v) is 6.48. The molecule has 20 heavy (non-hydrogen) atoms. The molecule has 1 rings (SSSR count). The Morgan fingerprint density at radius 1 is 1.30 bits per heavy atom. The van der Waals surface area contributed by atoms with Gasteiger partial charge in [0.15, 0.2) is 0 Å². The lowest BCUT2D eigenvalue weighted by molar-refractivity contribution is -0.144. The third-order valence-corrected chi connectivity index (χ3v) is 2.58. The van der Waals surface area contributed by atoms with Crippen LogP contribution in [0.2, 0.25) is 0 Å². The van der Waals surface area contributed by atoms with Crippen LogP contribution in [-0.4, -0.2) is 43.0 Å². The number of anilines is 1. The Labute approximate surface area is 117 Å². The van der Waals surface area contributed by atoms with Gasteiger partial charge >= 0.3 is 5.97 Å². The minimum absolute atomic E-state index is 0.0474. The summed E-state index contributed by atoms with van der Waals surface area (Å²) in [4.78, 5) is 24.8. The number of likely N-dealkylation sites (N-methyl/N-ethyl adjacent to an activating group) is 1. The third kappa shape index (κ3) is 5.79. The number of benzene rings is 1. The SMILES string of the molecule is CCOC(=O)CN(CC)CC(=O)Nc1cccc(F)c1. The number of nitrogens with one attached hydrogen (secondary N) is 1. The molecule has 1 aromatic carbocycles. The summed E-state index contributed by atoms with van der Waals surface area (Å²) in [5.74, 6) is -1.09. The summed E-state index contributed by atoms with van der Waals surface area (Å²) >= 11 is 0. The summed E-state index contributed by atoms with van der Waals surface area (Å²) in [6.45, 7) is 4.52. The molecular weight excluding hydrogens is 263 g/mol. The van der Waals surface area contributed by atoms with E-state index in [0.29, 0.717) is 18.8 Å². The van der Waals surface area contributed by atoms with Crippen LogP contribution in [0.1, 0.15) is 13.8 Å². The van der Waals surface area contributed by atoms with Crippen molar-refractivity contribution in [3.63, 3.8) is 0 Å². The smallest absolute Gasteiger partial charge is 0.320 e. The Morgan fingerprint density at radius 2 is 2.05 bits per heavy atom. The molecule has 0 spiro atoms. The van der Waals surface area contributed by atoms with Crippen LogP contribution in [0, 0.1) is 5.82 Å². The van der Waals surface area contributed by atoms with Gasteiger partial charge in [0.05, 0.1) is 19.7 Å². The van der Waals surface area contributed by atoms with E-state index in [0.717, 1.165) is 0 Å². The van der Waals surface area contributed by atoms with Crippen LogP contribution in [0.3, 0.4) is 0 Å². The molecule has 0 atom stereocenters. The molecule has 0 unspecified atom stereocenters. The fraction of sp³-hybridized carbons (Fsp3) is 0.429. The molecule has 0 radical (unpaired) electrons. The van der Waals surface area contributed by atoms with Crippen LogP contribution >= 0.6 is 0 Å². The lowest BCUT2D eigenvalue weighted by Crippen LogP contribution is -2.37. The van der Waals surface area contributed by atoms with Gasteiger partial charge in [0.2, 0.25) is 5.91 Å². The molecule has 0 fully saturated rings. The molecule has 5 nitrogen and oxygen atoms in total. The van der Waals surface area contributed by atoms with Gasteiger partial charge in [-0.2, -0.15) is 0 Å². The molecule has 0 aliphatic rings. The highest BCUT2D eigenvalue weighted by atomic mass is 19.1. The van der Waals surface area contributed by atoms with E-state index in [9.17, 15) is 14.0 Å². The maximum absolute atomic E-state index is 13.0. The van der Waals surface area contributed by atoms with Gasteiger partial charge in [-0.15, -0.1) is 0 Å². The highest BCUT2D eigenvalue weighted by Crippen LogP contribution is 2.08. The second-order valence-electron chi connectivity index (χ2n) is 4.17. The van der Waals surface area contributed by atoms with Crippen molar-refractivity contribution in [1.82, 2.24) is 4.90 Å². The van der Waals surface area contributed by atoms with E-state index >= 15 is 0 Å². The van der Waals surface area contributed by atoms with Crippen molar-refractivity contribution in [2.45, 2.75) is 13.8 Å². The second-order valence-corrected chi connectivity index (χ2v) is 4.17. The van der Waals surface area contributed by atoms with Crippen molar-refractivity contribution in [1.29, 1.82) is 0 Å². The molecule has 1 amide bonds. The average Bonchev–Trinajstić information content (AvgIpc) is 2.38. The lowest BCUT2D eigenvalue weighted by Gasteiger charge is -2.18. The van der Waals surface area contributed by atoms with Gasteiger partial charge in [-0.1, -0.05) is 13.0 Å². The van der Waals surface area contributed by atoms with Gasteiger partial charge in [-0.3, -0.25) is 14.5 Å². The van der Waals surface area contributed by atoms with E-state index in [4.69, 9.17) is 4.74 Å². The van der Waals surface area contributed by atoms with Crippen LogP contribution in [0.25, 0.3) is 0 Å². The quantitative estimate of drug-likeness (QED) is 0.773. The van der Waals surface area contributed by atoms with Crippen LogP contribution in [-0.2, 0) is 14.3 Å². The number of rotatable bonds is 7. The van der Waals surface area contributed by atoms with Crippen molar-refractivity contribution < 1.29 is 18.7 Å². The van der Waals surface area contributed by atoms with Gasteiger partial charge in [0, 0.05) is 5.69 Å². The molecule has 0 saturated heterocycles. The Bertz CT molecular complexity index is 465. The van der Waals surface area contributed by atoms with E-state index in [-0.39, 0.29) is 25.0 Å². The summed E-state index contributed by atoms with van der Waals surface area (Å²) in [6.07, 6.45) is 0. The van der Waals surface area contributed by atoms with E-state index in [1.54, 1.807) is 17.9 Å². The molecule has 0 bridgehead atoms. The number of ether oxygens (including phenoxy) is 1. The summed E-state index contributed by atoms with van der Waals surface area (Å²) in [5.41, 5.74) is 0.391. The first kappa shape index (κ1) is 16.1. The van der Waals surface area contributed by atoms with Gasteiger partial charge in [0.1, 0.15) is 5.82 Å². The van der Waals surface area contributed by atoms with Gasteiger partial charge in [0.25, 0.3) is 0 Å². The van der Waals surface area contributed by atoms with E-state index in [2.05, 4.69) is 5.32 Å². The molecule has 110 valence electrons. The summed E-state index contributed by atoms with van der Waals surface area (Å²) < 4.78 is 17.8. The molecule has 1 aromatic rings. The standard InChI is InChI=1S/C14H19FN2O3/c1-3-17(10-14(19)20-4-2)9-13(18)16-12-7-5-6-11(15)8-12/h5-8H,3-4,9-10H2,1-2H3,(H,16,18). The lowest BCUT2D eigenvalue weighted by atomic mass is 10.3. The van der Waals surface area contributed by atoms with E-state index in [1.165, 1.54) is 18.2 Å². The molecular formula is C14H19FN2O3. The molecule has 0 saturated carbocycles. The number of hydrogen-bond donors (Lipinski definition) is 1. The molecule has 6 heteroatoms. The normalized spacial score (nSPS) is 10.4. The summed E-state index contributed by atoms with van der Waals surface area (Å²) in [7, 11) is 0. The Morgan fingerprint density at radius 3 is 2.65 bits per heavy atom. The highest BCUT2D eigenvalue weighted by Gasteiger charge is 2.13. The van der Waals surface area contributed by atoms with Gasteiger partial charge in [-0.25, -0.2) is 4.39 Å². The van der Waals surface area contributed by atoms with Crippen LogP contribution in [0.5, 0.6) is 0 Å². The zero-order chi connectivity index (χ0) is 15.0. The number of halogens is 1. The first-order valence-electron chi connectivity index (χ1n) is 6.48. The third-order valence-electron chi connectivity index (χ3n) is 2.58. The minimum atomic E-state index is -0.415. The maximum atomic E-state index is 13.0. The average molecular weight is 282 g/mol. The maximum Gasteiger partial charge on any atom is 0.320 e. The van der Waals surface area contributed by atoms with Crippen LogP contribution in [0.4, 0.5) is 10.1 Å². The Balaban J connectivity index is 2.48. The molecule has 0 heterocycles. The van der Waals surface area contributed by atoms with Gasteiger partial charge < -0.3 is 10.1 Å². The predicted molar refractivity (Wildman–Crippen MR) is 73.8 cm³/mol. The first-order chi connectivity index (χ1) is 9.55. The number of esters is 1. The van der Waals surface area contributed by atoms with Crippen molar-refractivity contribution in [3.05, 3.63) is 30.1 Å². The number of carbonyl (C=O) groups excluding carboxylic acids is 2. The minimum Gasteiger partial charge on any atom is -0.465 e. The second kappa shape index (κ2) is 8.27. The fourth-order valence-electron chi connectivity index (χ4n) is 1.64. The number of nitrogens with zero attached hydrogens (tertiary/aromatic N) is 1. The summed E-state index contributed by atoms with van der Waals surface area (Å²) in [6, 6.07) is 5.65. The van der Waals surface area contributed by atoms with Crippen LogP contribution in [0.15, 0.2) is 24.3 Å². The number of amides is 1. The predicted octanol–water partition coefficient (Wildman–Crippen LogP) is 1.65. The largest absolute Gasteiger partial charge is 0.465 e. The Kier molecular flexibility index (Phi) is 6.66.